The Labute approximate surface area is 114 Å². The monoisotopic (exact) mass is 258 g/mol. The summed E-state index contributed by atoms with van der Waals surface area (Å²) in [4.78, 5) is 8.77. The first kappa shape index (κ1) is 13.7. The molecule has 2 aromatic rings. The maximum absolute atomic E-state index is 4.38. The number of hydrogen-bond donors (Lipinski definition) is 1. The van der Waals surface area contributed by atoms with E-state index in [9.17, 15) is 0 Å². The molecule has 0 amide bonds. The van der Waals surface area contributed by atoms with Crippen LogP contribution in [0.3, 0.4) is 0 Å². The summed E-state index contributed by atoms with van der Waals surface area (Å²) in [6.07, 6.45) is 7.70. The minimum atomic E-state index is 0.343. The van der Waals surface area contributed by atoms with E-state index < -0.39 is 0 Å². The average Bonchev–Trinajstić information content (AvgIpc) is 2.81. The molecule has 0 aromatic carbocycles. The van der Waals surface area contributed by atoms with Gasteiger partial charge in [-0.2, -0.15) is 0 Å². The fourth-order valence-corrected chi connectivity index (χ4v) is 2.39. The summed E-state index contributed by atoms with van der Waals surface area (Å²) >= 11 is 0. The Balaban J connectivity index is 2.09. The average molecular weight is 258 g/mol. The highest BCUT2D eigenvalue weighted by Crippen LogP contribution is 2.20. The number of nitrogens with one attached hydrogen (secondary N) is 1. The number of imidazole rings is 1. The van der Waals surface area contributed by atoms with Gasteiger partial charge in [-0.3, -0.25) is 4.98 Å². The summed E-state index contributed by atoms with van der Waals surface area (Å²) in [6, 6.07) is 4.51. The van der Waals surface area contributed by atoms with Crippen molar-refractivity contribution in [2.45, 2.75) is 32.7 Å². The Morgan fingerprint density at radius 2 is 2.16 bits per heavy atom. The van der Waals surface area contributed by atoms with E-state index in [-0.39, 0.29) is 0 Å². The van der Waals surface area contributed by atoms with Crippen molar-refractivity contribution in [2.24, 2.45) is 7.05 Å². The van der Waals surface area contributed by atoms with Crippen LogP contribution in [-0.4, -0.2) is 21.1 Å². The smallest absolute Gasteiger partial charge is 0.108 e. The second-order valence-corrected chi connectivity index (χ2v) is 4.78. The fourth-order valence-electron chi connectivity index (χ4n) is 2.39. The van der Waals surface area contributed by atoms with Crippen LogP contribution in [0, 0.1) is 6.92 Å². The Bertz CT molecular complexity index is 518. The van der Waals surface area contributed by atoms with E-state index in [1.807, 2.05) is 31.7 Å². The number of aromatic nitrogens is 3. The molecule has 0 aliphatic rings. The van der Waals surface area contributed by atoms with Crippen molar-refractivity contribution in [3.8, 4) is 0 Å². The predicted octanol–water partition coefficient (Wildman–Crippen LogP) is 2.41. The first-order chi connectivity index (χ1) is 9.22. The van der Waals surface area contributed by atoms with Crippen LogP contribution in [0.15, 0.2) is 30.7 Å². The van der Waals surface area contributed by atoms with Gasteiger partial charge in [0.05, 0.1) is 0 Å². The minimum absolute atomic E-state index is 0.343. The highest BCUT2D eigenvalue weighted by Gasteiger charge is 2.14. The molecule has 4 nitrogen and oxygen atoms in total. The Morgan fingerprint density at radius 1 is 1.32 bits per heavy atom. The first-order valence-corrected chi connectivity index (χ1v) is 6.83. The molecule has 1 atom stereocenters. The van der Waals surface area contributed by atoms with Crippen molar-refractivity contribution in [2.75, 3.05) is 6.54 Å². The topological polar surface area (TPSA) is 42.7 Å². The van der Waals surface area contributed by atoms with E-state index in [0.717, 1.165) is 30.9 Å². The van der Waals surface area contributed by atoms with E-state index in [0.29, 0.717) is 6.04 Å². The zero-order valence-electron chi connectivity index (χ0n) is 11.9. The molecule has 0 aliphatic carbocycles. The summed E-state index contributed by atoms with van der Waals surface area (Å²) in [5.41, 5.74) is 2.40. The van der Waals surface area contributed by atoms with Gasteiger partial charge in [0.25, 0.3) is 0 Å². The van der Waals surface area contributed by atoms with Gasteiger partial charge in [0.1, 0.15) is 5.82 Å². The van der Waals surface area contributed by atoms with Gasteiger partial charge >= 0.3 is 0 Å². The van der Waals surface area contributed by atoms with E-state index in [1.165, 1.54) is 5.56 Å². The van der Waals surface area contributed by atoms with Crippen molar-refractivity contribution in [1.82, 2.24) is 19.9 Å². The lowest BCUT2D eigenvalue weighted by Crippen LogP contribution is -2.23. The standard InChI is InChI=1S/C15H22N4/c1-4-16-14(13-6-5-9-17-12(13)2)7-8-15-18-10-11-19(15)3/h5-6,9-11,14,16H,4,7-8H2,1-3H3. The minimum Gasteiger partial charge on any atom is -0.338 e. The van der Waals surface area contributed by atoms with Gasteiger partial charge in [-0.25, -0.2) is 4.98 Å². The molecule has 0 fully saturated rings. The molecule has 0 bridgehead atoms. The summed E-state index contributed by atoms with van der Waals surface area (Å²) < 4.78 is 2.08. The SMILES string of the molecule is CCNC(CCc1nccn1C)c1cccnc1C. The molecule has 102 valence electrons. The van der Waals surface area contributed by atoms with Crippen LogP contribution < -0.4 is 5.32 Å². The molecule has 2 aromatic heterocycles. The Morgan fingerprint density at radius 3 is 2.79 bits per heavy atom. The summed E-state index contributed by atoms with van der Waals surface area (Å²) in [7, 11) is 2.04. The van der Waals surface area contributed by atoms with Gasteiger partial charge in [0.2, 0.25) is 0 Å². The number of hydrogen-bond acceptors (Lipinski definition) is 3. The second-order valence-electron chi connectivity index (χ2n) is 4.78. The van der Waals surface area contributed by atoms with E-state index in [2.05, 4.69) is 39.8 Å². The molecule has 19 heavy (non-hydrogen) atoms. The van der Waals surface area contributed by atoms with Crippen LogP contribution in [0.2, 0.25) is 0 Å². The summed E-state index contributed by atoms with van der Waals surface area (Å²) in [5, 5.41) is 3.54. The van der Waals surface area contributed by atoms with Crippen LogP contribution in [0.25, 0.3) is 0 Å². The molecule has 0 saturated heterocycles. The van der Waals surface area contributed by atoms with E-state index in [1.54, 1.807) is 0 Å². The first-order valence-electron chi connectivity index (χ1n) is 6.83. The van der Waals surface area contributed by atoms with Crippen LogP contribution in [-0.2, 0) is 13.5 Å². The van der Waals surface area contributed by atoms with Gasteiger partial charge in [-0.05, 0) is 31.5 Å². The molecular formula is C15H22N4. The third-order valence-corrected chi connectivity index (χ3v) is 3.45. The number of aryl methyl sites for hydroxylation is 3. The molecule has 2 rings (SSSR count). The van der Waals surface area contributed by atoms with Crippen molar-refractivity contribution in [3.63, 3.8) is 0 Å². The number of nitrogens with zero attached hydrogens (tertiary/aromatic N) is 3. The predicted molar refractivity (Wildman–Crippen MR) is 76.9 cm³/mol. The fraction of sp³-hybridized carbons (Fsp3) is 0.467. The number of pyridine rings is 1. The highest BCUT2D eigenvalue weighted by atomic mass is 15.0. The lowest BCUT2D eigenvalue weighted by atomic mass is 10.0. The maximum Gasteiger partial charge on any atom is 0.108 e. The molecule has 1 unspecified atom stereocenters. The van der Waals surface area contributed by atoms with Gasteiger partial charge in [-0.15, -0.1) is 0 Å². The van der Waals surface area contributed by atoms with Crippen LogP contribution in [0.1, 0.15) is 36.5 Å². The molecular weight excluding hydrogens is 236 g/mol. The van der Waals surface area contributed by atoms with Crippen LogP contribution >= 0.6 is 0 Å². The molecule has 4 heteroatoms. The normalized spacial score (nSPS) is 12.6. The maximum atomic E-state index is 4.38. The van der Waals surface area contributed by atoms with E-state index >= 15 is 0 Å². The van der Waals surface area contributed by atoms with Crippen molar-refractivity contribution in [1.29, 1.82) is 0 Å². The molecule has 2 heterocycles. The van der Waals surface area contributed by atoms with Gasteiger partial charge in [0.15, 0.2) is 0 Å². The van der Waals surface area contributed by atoms with Gasteiger partial charge in [-0.1, -0.05) is 13.0 Å². The third kappa shape index (κ3) is 3.41. The summed E-state index contributed by atoms with van der Waals surface area (Å²) in [6.45, 7) is 5.17. The molecule has 0 radical (unpaired) electrons. The molecule has 0 spiro atoms. The summed E-state index contributed by atoms with van der Waals surface area (Å²) in [5.74, 6) is 1.13. The zero-order valence-corrected chi connectivity index (χ0v) is 11.9. The quantitative estimate of drug-likeness (QED) is 0.865. The van der Waals surface area contributed by atoms with Crippen molar-refractivity contribution < 1.29 is 0 Å². The molecule has 1 N–H and O–H groups in total. The van der Waals surface area contributed by atoms with E-state index in [4.69, 9.17) is 0 Å². The van der Waals surface area contributed by atoms with Gasteiger partial charge < -0.3 is 9.88 Å². The lowest BCUT2D eigenvalue weighted by Gasteiger charge is -2.19. The van der Waals surface area contributed by atoms with Gasteiger partial charge in [0, 0.05) is 43.8 Å². The highest BCUT2D eigenvalue weighted by molar-refractivity contribution is 5.22. The van der Waals surface area contributed by atoms with Crippen molar-refractivity contribution >= 4 is 0 Å². The molecule has 0 saturated carbocycles. The molecule has 0 aliphatic heterocycles. The Hall–Kier alpha value is -1.68. The number of rotatable bonds is 6. The second kappa shape index (κ2) is 6.48. The Kier molecular flexibility index (Phi) is 4.68. The lowest BCUT2D eigenvalue weighted by molar-refractivity contribution is 0.502. The third-order valence-electron chi connectivity index (χ3n) is 3.45. The van der Waals surface area contributed by atoms with Crippen LogP contribution in [0.4, 0.5) is 0 Å². The zero-order chi connectivity index (χ0) is 13.7. The van der Waals surface area contributed by atoms with Crippen LogP contribution in [0.5, 0.6) is 0 Å². The van der Waals surface area contributed by atoms with Crippen molar-refractivity contribution in [3.05, 3.63) is 47.8 Å². The largest absolute Gasteiger partial charge is 0.338 e.